The fourth-order valence-corrected chi connectivity index (χ4v) is 2.80. The van der Waals surface area contributed by atoms with Gasteiger partial charge in [0.15, 0.2) is 5.82 Å². The molecule has 1 aliphatic rings. The normalized spacial score (nSPS) is 16.6. The quantitative estimate of drug-likeness (QED) is 0.778. The molecule has 0 unspecified atom stereocenters. The first kappa shape index (κ1) is 15.1. The van der Waals surface area contributed by atoms with E-state index in [0.717, 1.165) is 37.7 Å². The predicted octanol–water partition coefficient (Wildman–Crippen LogP) is 2.76. The molecule has 0 spiro atoms. The van der Waals surface area contributed by atoms with E-state index in [0.29, 0.717) is 0 Å². The van der Waals surface area contributed by atoms with Gasteiger partial charge in [-0.1, -0.05) is 32.6 Å². The minimum absolute atomic E-state index is 0.792. The molecular weight excluding hydrogens is 248 g/mol. The molecule has 20 heavy (non-hydrogen) atoms. The molecule has 2 rings (SSSR count). The summed E-state index contributed by atoms with van der Waals surface area (Å²) in [6, 6.07) is 3.83. The fraction of sp³-hybridized carbons (Fsp3) is 0.688. The highest BCUT2D eigenvalue weighted by Crippen LogP contribution is 2.20. The molecule has 2 N–H and O–H groups in total. The topological polar surface area (TPSA) is 45.4 Å². The Morgan fingerprint density at radius 1 is 1.10 bits per heavy atom. The number of nitrogens with two attached hydrogens (primary N) is 1. The van der Waals surface area contributed by atoms with Gasteiger partial charge >= 0.3 is 0 Å². The van der Waals surface area contributed by atoms with Crippen LogP contribution in [0.25, 0.3) is 0 Å². The van der Waals surface area contributed by atoms with E-state index in [1.165, 1.54) is 38.6 Å². The van der Waals surface area contributed by atoms with Crippen LogP contribution >= 0.6 is 0 Å². The number of pyridine rings is 1. The third-order valence-electron chi connectivity index (χ3n) is 4.07. The van der Waals surface area contributed by atoms with Crippen molar-refractivity contribution in [2.24, 2.45) is 0 Å². The highest BCUT2D eigenvalue weighted by Gasteiger charge is 2.18. The maximum atomic E-state index is 5.99. The third kappa shape index (κ3) is 4.37. The smallest absolute Gasteiger partial charge is 0.151 e. The zero-order chi connectivity index (χ0) is 14.2. The van der Waals surface area contributed by atoms with Crippen molar-refractivity contribution in [1.82, 2.24) is 9.88 Å². The zero-order valence-corrected chi connectivity index (χ0v) is 12.7. The molecule has 0 atom stereocenters. The molecule has 112 valence electrons. The molecule has 1 aliphatic heterocycles. The number of hydrogen-bond acceptors (Lipinski definition) is 4. The molecule has 0 amide bonds. The largest absolute Gasteiger partial charge is 0.396 e. The van der Waals surface area contributed by atoms with Gasteiger partial charge in [0.2, 0.25) is 0 Å². The van der Waals surface area contributed by atoms with E-state index in [1.54, 1.807) is 0 Å². The van der Waals surface area contributed by atoms with Crippen LogP contribution in [-0.4, -0.2) is 42.6 Å². The summed E-state index contributed by atoms with van der Waals surface area (Å²) in [5.74, 6) is 0.954. The lowest BCUT2D eigenvalue weighted by Crippen LogP contribution is -2.47. The van der Waals surface area contributed by atoms with Crippen molar-refractivity contribution in [3.8, 4) is 0 Å². The lowest BCUT2D eigenvalue weighted by Gasteiger charge is -2.35. The fourth-order valence-electron chi connectivity index (χ4n) is 2.80. The second kappa shape index (κ2) is 8.10. The maximum Gasteiger partial charge on any atom is 0.151 e. The average Bonchev–Trinajstić information content (AvgIpc) is 2.48. The van der Waals surface area contributed by atoms with Crippen molar-refractivity contribution >= 4 is 11.5 Å². The van der Waals surface area contributed by atoms with Crippen LogP contribution in [0.2, 0.25) is 0 Å². The van der Waals surface area contributed by atoms with Crippen LogP contribution in [0, 0.1) is 0 Å². The van der Waals surface area contributed by atoms with Gasteiger partial charge in [-0.05, 0) is 25.1 Å². The molecule has 1 aromatic rings. The zero-order valence-electron chi connectivity index (χ0n) is 12.7. The van der Waals surface area contributed by atoms with Crippen LogP contribution in [0.5, 0.6) is 0 Å². The SMILES string of the molecule is CCCCCCCN1CCN(c2ncccc2N)CC1. The second-order valence-electron chi connectivity index (χ2n) is 5.66. The molecule has 0 bridgehead atoms. The van der Waals surface area contributed by atoms with Crippen LogP contribution in [0.4, 0.5) is 11.5 Å². The van der Waals surface area contributed by atoms with Crippen molar-refractivity contribution < 1.29 is 0 Å². The highest BCUT2D eigenvalue weighted by atomic mass is 15.3. The van der Waals surface area contributed by atoms with Gasteiger partial charge in [0, 0.05) is 32.4 Å². The molecule has 4 nitrogen and oxygen atoms in total. The number of aromatic nitrogens is 1. The highest BCUT2D eigenvalue weighted by molar-refractivity contribution is 5.62. The van der Waals surface area contributed by atoms with Crippen LogP contribution < -0.4 is 10.6 Å². The van der Waals surface area contributed by atoms with E-state index < -0.39 is 0 Å². The maximum absolute atomic E-state index is 5.99. The Bertz CT molecular complexity index is 386. The molecule has 1 aromatic heterocycles. The molecule has 4 heteroatoms. The van der Waals surface area contributed by atoms with Crippen molar-refractivity contribution in [2.45, 2.75) is 39.0 Å². The average molecular weight is 276 g/mol. The van der Waals surface area contributed by atoms with E-state index in [9.17, 15) is 0 Å². The Kier molecular flexibility index (Phi) is 6.12. The van der Waals surface area contributed by atoms with Gasteiger partial charge in [0.1, 0.15) is 0 Å². The minimum Gasteiger partial charge on any atom is -0.396 e. The lowest BCUT2D eigenvalue weighted by atomic mass is 10.1. The van der Waals surface area contributed by atoms with Gasteiger partial charge in [-0.15, -0.1) is 0 Å². The molecule has 1 fully saturated rings. The number of nitrogen functional groups attached to an aromatic ring is 1. The van der Waals surface area contributed by atoms with E-state index in [2.05, 4.69) is 21.7 Å². The van der Waals surface area contributed by atoms with Gasteiger partial charge in [-0.3, -0.25) is 4.90 Å². The van der Waals surface area contributed by atoms with Gasteiger partial charge in [0.05, 0.1) is 5.69 Å². The summed E-state index contributed by atoms with van der Waals surface area (Å²) in [4.78, 5) is 9.28. The summed E-state index contributed by atoms with van der Waals surface area (Å²) in [6.45, 7) is 7.84. The standard InChI is InChI=1S/C16H28N4/c1-2-3-4-5-6-10-19-11-13-20(14-12-19)16-15(17)8-7-9-18-16/h7-9H,2-6,10-14,17H2,1H3. The Morgan fingerprint density at radius 2 is 1.85 bits per heavy atom. The molecule has 1 saturated heterocycles. The number of rotatable bonds is 7. The van der Waals surface area contributed by atoms with E-state index in [4.69, 9.17) is 5.73 Å². The summed E-state index contributed by atoms with van der Waals surface area (Å²) in [6.07, 6.45) is 8.64. The molecule has 0 aromatic carbocycles. The Morgan fingerprint density at radius 3 is 2.55 bits per heavy atom. The Labute approximate surface area is 123 Å². The molecule has 0 saturated carbocycles. The minimum atomic E-state index is 0.792. The summed E-state index contributed by atoms with van der Waals surface area (Å²) >= 11 is 0. The van der Waals surface area contributed by atoms with Crippen molar-refractivity contribution in [3.63, 3.8) is 0 Å². The first-order valence-corrected chi connectivity index (χ1v) is 7.99. The Hall–Kier alpha value is -1.29. The monoisotopic (exact) mass is 276 g/mol. The number of hydrogen-bond donors (Lipinski definition) is 1. The molecular formula is C16H28N4. The number of anilines is 2. The third-order valence-corrected chi connectivity index (χ3v) is 4.07. The van der Waals surface area contributed by atoms with Crippen molar-refractivity contribution in [1.29, 1.82) is 0 Å². The summed E-state index contributed by atoms with van der Waals surface area (Å²) in [5.41, 5.74) is 6.79. The lowest BCUT2D eigenvalue weighted by molar-refractivity contribution is 0.251. The van der Waals surface area contributed by atoms with Gasteiger partial charge in [-0.25, -0.2) is 4.98 Å². The van der Waals surface area contributed by atoms with Crippen molar-refractivity contribution in [2.75, 3.05) is 43.4 Å². The molecule has 2 heterocycles. The van der Waals surface area contributed by atoms with Gasteiger partial charge in [-0.2, -0.15) is 0 Å². The molecule has 0 radical (unpaired) electrons. The van der Waals surface area contributed by atoms with Crippen molar-refractivity contribution in [3.05, 3.63) is 18.3 Å². The number of unbranched alkanes of at least 4 members (excludes halogenated alkanes) is 4. The first-order chi connectivity index (χ1) is 9.81. The van der Waals surface area contributed by atoms with Crippen LogP contribution in [0.1, 0.15) is 39.0 Å². The number of piperazine rings is 1. The van der Waals surface area contributed by atoms with Crippen LogP contribution in [-0.2, 0) is 0 Å². The summed E-state index contributed by atoms with van der Waals surface area (Å²) < 4.78 is 0. The van der Waals surface area contributed by atoms with Gasteiger partial charge < -0.3 is 10.6 Å². The number of nitrogens with zero attached hydrogens (tertiary/aromatic N) is 3. The first-order valence-electron chi connectivity index (χ1n) is 7.99. The van der Waals surface area contributed by atoms with E-state index >= 15 is 0 Å². The predicted molar refractivity (Wildman–Crippen MR) is 86.1 cm³/mol. The summed E-state index contributed by atoms with van der Waals surface area (Å²) in [5, 5.41) is 0. The second-order valence-corrected chi connectivity index (χ2v) is 5.66. The summed E-state index contributed by atoms with van der Waals surface area (Å²) in [7, 11) is 0. The van der Waals surface area contributed by atoms with Gasteiger partial charge in [0.25, 0.3) is 0 Å². The van der Waals surface area contributed by atoms with Crippen LogP contribution in [0.15, 0.2) is 18.3 Å². The Balaban J connectivity index is 1.69. The van der Waals surface area contributed by atoms with Crippen LogP contribution in [0.3, 0.4) is 0 Å². The van der Waals surface area contributed by atoms with E-state index in [-0.39, 0.29) is 0 Å². The molecule has 0 aliphatic carbocycles. The van der Waals surface area contributed by atoms with E-state index in [1.807, 2.05) is 18.3 Å².